The predicted molar refractivity (Wildman–Crippen MR) is 65.5 cm³/mol. The quantitative estimate of drug-likeness (QED) is 0.898. The van der Waals surface area contributed by atoms with Crippen LogP contribution in [-0.2, 0) is 4.79 Å². The number of rotatable bonds is 3. The number of amides is 1. The number of carbonyl (C=O) groups excluding carboxylic acids is 1. The van der Waals surface area contributed by atoms with Gasteiger partial charge in [0.05, 0.1) is 11.6 Å². The number of benzene rings is 1. The van der Waals surface area contributed by atoms with Gasteiger partial charge in [0.1, 0.15) is 5.82 Å². The number of nitrogens with two attached hydrogens (primary N) is 1. The molecule has 88 valence electrons. The van der Waals surface area contributed by atoms with E-state index in [0.717, 1.165) is 0 Å². The molecule has 0 fully saturated rings. The van der Waals surface area contributed by atoms with Crippen LogP contribution in [0.25, 0.3) is 0 Å². The van der Waals surface area contributed by atoms with Crippen molar-refractivity contribution in [1.29, 1.82) is 0 Å². The summed E-state index contributed by atoms with van der Waals surface area (Å²) in [5.74, 6) is -1.13. The summed E-state index contributed by atoms with van der Waals surface area (Å²) in [5.41, 5.74) is 5.75. The number of hydrogen-bond donors (Lipinski definition) is 2. The maximum Gasteiger partial charge on any atom is 0.228 e. The molecule has 1 aromatic rings. The van der Waals surface area contributed by atoms with Gasteiger partial charge in [-0.05, 0) is 35.0 Å². The molecule has 0 bridgehead atoms. The first-order valence-corrected chi connectivity index (χ1v) is 5.73. The Balaban J connectivity index is 2.85. The maximum atomic E-state index is 13.4. The molecule has 1 aromatic carbocycles. The molecule has 0 radical (unpaired) electrons. The van der Waals surface area contributed by atoms with Crippen LogP contribution in [0.4, 0.5) is 10.1 Å². The van der Waals surface area contributed by atoms with E-state index in [0.29, 0.717) is 4.47 Å². The molecule has 1 rings (SSSR count). The van der Waals surface area contributed by atoms with Gasteiger partial charge in [-0.1, -0.05) is 13.0 Å². The summed E-state index contributed by atoms with van der Waals surface area (Å²) >= 11 is 3.18. The summed E-state index contributed by atoms with van der Waals surface area (Å²) in [6.07, 6.45) is 0. The Morgan fingerprint density at radius 1 is 1.50 bits per heavy atom. The zero-order valence-corrected chi connectivity index (χ0v) is 10.7. The van der Waals surface area contributed by atoms with Crippen LogP contribution in [0.2, 0.25) is 0 Å². The van der Waals surface area contributed by atoms with Gasteiger partial charge in [-0.2, -0.15) is 0 Å². The van der Waals surface area contributed by atoms with E-state index in [9.17, 15) is 9.18 Å². The van der Waals surface area contributed by atoms with Crippen LogP contribution < -0.4 is 11.1 Å². The molecule has 1 amide bonds. The van der Waals surface area contributed by atoms with E-state index in [1.165, 1.54) is 6.07 Å². The minimum Gasteiger partial charge on any atom is -0.327 e. The molecule has 2 unspecified atom stereocenters. The fraction of sp³-hybridized carbons (Fsp3) is 0.364. The summed E-state index contributed by atoms with van der Waals surface area (Å²) in [4.78, 5) is 11.7. The maximum absolute atomic E-state index is 13.4. The highest BCUT2D eigenvalue weighted by atomic mass is 79.9. The van der Waals surface area contributed by atoms with Gasteiger partial charge in [0, 0.05) is 10.5 Å². The minimum atomic E-state index is -0.473. The number of halogens is 2. The number of hydrogen-bond acceptors (Lipinski definition) is 2. The number of nitrogens with one attached hydrogen (secondary N) is 1. The van der Waals surface area contributed by atoms with Gasteiger partial charge < -0.3 is 11.1 Å². The van der Waals surface area contributed by atoms with Crippen LogP contribution in [0.5, 0.6) is 0 Å². The van der Waals surface area contributed by atoms with E-state index in [-0.39, 0.29) is 23.6 Å². The molecule has 16 heavy (non-hydrogen) atoms. The third-order valence-electron chi connectivity index (χ3n) is 2.41. The van der Waals surface area contributed by atoms with Crippen molar-refractivity contribution >= 4 is 27.5 Å². The molecule has 0 aliphatic rings. The highest BCUT2D eigenvalue weighted by Gasteiger charge is 2.19. The van der Waals surface area contributed by atoms with E-state index in [4.69, 9.17) is 5.73 Å². The summed E-state index contributed by atoms with van der Waals surface area (Å²) in [7, 11) is 0. The molecule has 0 saturated carbocycles. The molecule has 3 N–H and O–H groups in total. The zero-order chi connectivity index (χ0) is 12.3. The van der Waals surface area contributed by atoms with E-state index >= 15 is 0 Å². The van der Waals surface area contributed by atoms with Gasteiger partial charge in [0.25, 0.3) is 0 Å². The largest absolute Gasteiger partial charge is 0.327 e. The Morgan fingerprint density at radius 2 is 2.12 bits per heavy atom. The normalized spacial score (nSPS) is 14.3. The van der Waals surface area contributed by atoms with Gasteiger partial charge in [0.15, 0.2) is 0 Å². The minimum absolute atomic E-state index is 0.153. The van der Waals surface area contributed by atoms with E-state index in [1.807, 2.05) is 0 Å². The highest BCUT2D eigenvalue weighted by Crippen LogP contribution is 2.25. The van der Waals surface area contributed by atoms with Crippen LogP contribution in [0, 0.1) is 11.7 Å². The molecule has 2 atom stereocenters. The Labute approximate surface area is 102 Å². The highest BCUT2D eigenvalue weighted by molar-refractivity contribution is 9.10. The van der Waals surface area contributed by atoms with Crippen LogP contribution in [-0.4, -0.2) is 11.9 Å². The lowest BCUT2D eigenvalue weighted by Crippen LogP contribution is -2.34. The molecular formula is C11H14BrFN2O. The molecule has 3 nitrogen and oxygen atoms in total. The summed E-state index contributed by atoms with van der Waals surface area (Å²) in [6, 6.07) is 4.24. The van der Waals surface area contributed by atoms with Gasteiger partial charge >= 0.3 is 0 Å². The molecule has 5 heteroatoms. The fourth-order valence-electron chi connectivity index (χ4n) is 1.09. The van der Waals surface area contributed by atoms with Crippen LogP contribution in [0.3, 0.4) is 0 Å². The first kappa shape index (κ1) is 13.1. The van der Waals surface area contributed by atoms with E-state index < -0.39 is 5.82 Å². The van der Waals surface area contributed by atoms with Crippen LogP contribution >= 0.6 is 15.9 Å². The monoisotopic (exact) mass is 288 g/mol. The van der Waals surface area contributed by atoms with Crippen molar-refractivity contribution in [3.8, 4) is 0 Å². The number of carbonyl (C=O) groups is 1. The Morgan fingerprint density at radius 3 is 2.62 bits per heavy atom. The van der Waals surface area contributed by atoms with Gasteiger partial charge in [-0.25, -0.2) is 4.39 Å². The van der Waals surface area contributed by atoms with Gasteiger partial charge in [-0.15, -0.1) is 0 Å². The Kier molecular flexibility index (Phi) is 4.44. The summed E-state index contributed by atoms with van der Waals surface area (Å²) in [5, 5.41) is 2.52. The van der Waals surface area contributed by atoms with E-state index in [2.05, 4.69) is 21.2 Å². The first-order chi connectivity index (χ1) is 7.43. The Hall–Kier alpha value is -0.940. The second kappa shape index (κ2) is 5.41. The van der Waals surface area contributed by atoms with Crippen molar-refractivity contribution in [2.24, 2.45) is 11.7 Å². The lowest BCUT2D eigenvalue weighted by atomic mass is 10.0. The summed E-state index contributed by atoms with van der Waals surface area (Å²) < 4.78 is 13.9. The van der Waals surface area contributed by atoms with Gasteiger partial charge in [-0.3, -0.25) is 4.79 Å². The number of anilines is 1. The average Bonchev–Trinajstić information content (AvgIpc) is 2.22. The standard InChI is InChI=1S/C11H14BrFN2O/c1-6(7(2)14)11(16)15-10-8(12)4-3-5-9(10)13/h3-7H,14H2,1-2H3,(H,15,16). The van der Waals surface area contributed by atoms with Crippen molar-refractivity contribution in [2.45, 2.75) is 19.9 Å². The van der Waals surface area contributed by atoms with Gasteiger partial charge in [0.2, 0.25) is 5.91 Å². The second-order valence-corrected chi connectivity index (χ2v) is 4.59. The molecule has 0 saturated heterocycles. The van der Waals surface area contributed by atoms with Crippen molar-refractivity contribution in [3.63, 3.8) is 0 Å². The number of para-hydroxylation sites is 1. The van der Waals surface area contributed by atoms with Crippen molar-refractivity contribution in [2.75, 3.05) is 5.32 Å². The van der Waals surface area contributed by atoms with E-state index in [1.54, 1.807) is 26.0 Å². The van der Waals surface area contributed by atoms with Crippen LogP contribution in [0.1, 0.15) is 13.8 Å². The first-order valence-electron chi connectivity index (χ1n) is 4.94. The SMILES string of the molecule is CC(N)C(C)C(=O)Nc1c(F)cccc1Br. The fourth-order valence-corrected chi connectivity index (χ4v) is 1.53. The summed E-state index contributed by atoms with van der Waals surface area (Å²) in [6.45, 7) is 3.44. The van der Waals surface area contributed by atoms with Crippen molar-refractivity contribution in [1.82, 2.24) is 0 Å². The van der Waals surface area contributed by atoms with Crippen LogP contribution in [0.15, 0.2) is 22.7 Å². The molecule has 0 aliphatic carbocycles. The molecule has 0 aromatic heterocycles. The third-order valence-corrected chi connectivity index (χ3v) is 3.07. The topological polar surface area (TPSA) is 55.1 Å². The lowest BCUT2D eigenvalue weighted by Gasteiger charge is -2.16. The molecular weight excluding hydrogens is 275 g/mol. The second-order valence-electron chi connectivity index (χ2n) is 3.73. The molecule has 0 spiro atoms. The Bertz CT molecular complexity index is 375. The molecule has 0 heterocycles. The van der Waals surface area contributed by atoms with Crippen molar-refractivity contribution in [3.05, 3.63) is 28.5 Å². The molecule has 0 aliphatic heterocycles. The smallest absolute Gasteiger partial charge is 0.228 e. The average molecular weight is 289 g/mol. The zero-order valence-electron chi connectivity index (χ0n) is 9.13. The predicted octanol–water partition coefficient (Wildman–Crippen LogP) is 2.51. The lowest BCUT2D eigenvalue weighted by molar-refractivity contribution is -0.119. The van der Waals surface area contributed by atoms with Crippen molar-refractivity contribution < 1.29 is 9.18 Å². The third kappa shape index (κ3) is 3.02.